The molecule has 1 aliphatic rings. The monoisotopic (exact) mass is 339 g/mol. The normalized spacial score (nSPS) is 14.7. The highest BCUT2D eigenvalue weighted by atomic mass is 35.5. The van der Waals surface area contributed by atoms with E-state index < -0.39 is 0 Å². The van der Waals surface area contributed by atoms with Crippen LogP contribution in [0.2, 0.25) is 5.02 Å². The maximum atomic E-state index is 12.2. The van der Waals surface area contributed by atoms with Crippen molar-refractivity contribution < 1.29 is 14.3 Å². The molecule has 2 rings (SSSR count). The number of rotatable bonds is 7. The summed E-state index contributed by atoms with van der Waals surface area (Å²) in [6.45, 7) is 3.82. The summed E-state index contributed by atoms with van der Waals surface area (Å²) < 4.78 is 4.95. The number of benzene rings is 1. The summed E-state index contributed by atoms with van der Waals surface area (Å²) in [5, 5.41) is 3.68. The van der Waals surface area contributed by atoms with Crippen LogP contribution in [-0.2, 0) is 14.3 Å². The highest BCUT2D eigenvalue weighted by molar-refractivity contribution is 6.31. The molecule has 1 aromatic carbocycles. The minimum absolute atomic E-state index is 0.0852. The number of nitrogens with one attached hydrogen (secondary N) is 1. The number of nitrogens with zero attached hydrogens (tertiary/aromatic N) is 2. The van der Waals surface area contributed by atoms with Crippen molar-refractivity contribution in [2.24, 2.45) is 0 Å². The molecule has 1 saturated heterocycles. The Morgan fingerprint density at radius 2 is 2.22 bits per heavy atom. The third-order valence-electron chi connectivity index (χ3n) is 3.80. The molecule has 1 aliphatic heterocycles. The molecule has 1 heterocycles. The Hall–Kier alpha value is -1.63. The Bertz CT molecular complexity index is 580. The van der Waals surface area contributed by atoms with Gasteiger partial charge in [-0.1, -0.05) is 17.7 Å². The van der Waals surface area contributed by atoms with Gasteiger partial charge in [-0.15, -0.1) is 0 Å². The van der Waals surface area contributed by atoms with E-state index in [0.717, 1.165) is 17.7 Å². The van der Waals surface area contributed by atoms with E-state index in [1.54, 1.807) is 29.0 Å². The maximum Gasteiger partial charge on any atom is 0.248 e. The molecular formula is C16H22ClN3O3. The first-order chi connectivity index (χ1) is 11.0. The molecule has 0 bridgehead atoms. The predicted octanol–water partition coefficient (Wildman–Crippen LogP) is 1.41. The molecule has 1 fully saturated rings. The number of anilines is 1. The number of hydrogen-bond acceptors (Lipinski definition) is 4. The molecular weight excluding hydrogens is 318 g/mol. The summed E-state index contributed by atoms with van der Waals surface area (Å²) in [7, 11) is 1.65. The number of carbonyl (C=O) groups is 2. The summed E-state index contributed by atoms with van der Waals surface area (Å²) in [5.74, 6) is -0.180. The van der Waals surface area contributed by atoms with Gasteiger partial charge in [-0.2, -0.15) is 0 Å². The Balaban J connectivity index is 1.92. The highest BCUT2D eigenvalue weighted by Crippen LogP contribution is 2.28. The fourth-order valence-electron chi connectivity index (χ4n) is 2.46. The van der Waals surface area contributed by atoms with Crippen molar-refractivity contribution in [2.75, 3.05) is 44.9 Å². The predicted molar refractivity (Wildman–Crippen MR) is 89.6 cm³/mol. The first kappa shape index (κ1) is 17.7. The second-order valence-electron chi connectivity index (χ2n) is 5.46. The molecule has 2 amide bonds. The molecule has 1 N–H and O–H groups in total. The van der Waals surface area contributed by atoms with E-state index in [0.29, 0.717) is 18.2 Å². The molecule has 126 valence electrons. The Morgan fingerprint density at radius 3 is 2.96 bits per heavy atom. The smallest absolute Gasteiger partial charge is 0.248 e. The van der Waals surface area contributed by atoms with Gasteiger partial charge in [-0.25, -0.2) is 0 Å². The number of hydrogen-bond donors (Lipinski definition) is 1. The SMILES string of the molecule is COCCCNCC(=O)N1CC(=O)N(c2cccc(Cl)c2C)C1. The van der Waals surface area contributed by atoms with Gasteiger partial charge in [-0.05, 0) is 37.6 Å². The van der Waals surface area contributed by atoms with Gasteiger partial charge in [0.1, 0.15) is 13.2 Å². The van der Waals surface area contributed by atoms with Crippen LogP contribution < -0.4 is 10.2 Å². The van der Waals surface area contributed by atoms with Gasteiger partial charge in [0.2, 0.25) is 11.8 Å². The molecule has 0 aliphatic carbocycles. The van der Waals surface area contributed by atoms with E-state index in [4.69, 9.17) is 16.3 Å². The molecule has 0 saturated carbocycles. The first-order valence-corrected chi connectivity index (χ1v) is 7.95. The van der Waals surface area contributed by atoms with E-state index in [9.17, 15) is 9.59 Å². The van der Waals surface area contributed by atoms with Gasteiger partial charge in [0, 0.05) is 24.4 Å². The van der Waals surface area contributed by atoms with Crippen molar-refractivity contribution in [1.82, 2.24) is 10.2 Å². The lowest BCUT2D eigenvalue weighted by molar-refractivity contribution is -0.130. The summed E-state index contributed by atoms with van der Waals surface area (Å²) in [4.78, 5) is 27.5. The molecule has 6 nitrogen and oxygen atoms in total. The highest BCUT2D eigenvalue weighted by Gasteiger charge is 2.32. The van der Waals surface area contributed by atoms with Crippen LogP contribution in [0, 0.1) is 6.92 Å². The molecule has 23 heavy (non-hydrogen) atoms. The van der Waals surface area contributed by atoms with Crippen LogP contribution in [-0.4, -0.2) is 56.7 Å². The van der Waals surface area contributed by atoms with Crippen LogP contribution in [0.4, 0.5) is 5.69 Å². The van der Waals surface area contributed by atoms with Gasteiger partial charge in [0.25, 0.3) is 0 Å². The summed E-state index contributed by atoms with van der Waals surface area (Å²) in [5.41, 5.74) is 1.60. The van der Waals surface area contributed by atoms with E-state index in [-0.39, 0.29) is 31.6 Å². The number of ether oxygens (including phenoxy) is 1. The van der Waals surface area contributed by atoms with Crippen LogP contribution in [0.5, 0.6) is 0 Å². The van der Waals surface area contributed by atoms with Gasteiger partial charge in [-0.3, -0.25) is 14.5 Å². The second kappa shape index (κ2) is 8.29. The first-order valence-electron chi connectivity index (χ1n) is 7.57. The van der Waals surface area contributed by atoms with Crippen LogP contribution >= 0.6 is 11.6 Å². The van der Waals surface area contributed by atoms with Crippen molar-refractivity contribution in [2.45, 2.75) is 13.3 Å². The number of halogens is 1. The van der Waals surface area contributed by atoms with E-state index in [1.807, 2.05) is 13.0 Å². The number of methoxy groups -OCH3 is 1. The maximum absolute atomic E-state index is 12.2. The third-order valence-corrected chi connectivity index (χ3v) is 4.21. The van der Waals surface area contributed by atoms with Crippen LogP contribution in [0.15, 0.2) is 18.2 Å². The minimum Gasteiger partial charge on any atom is -0.385 e. The van der Waals surface area contributed by atoms with Crippen molar-refractivity contribution in [3.63, 3.8) is 0 Å². The quantitative estimate of drug-likeness (QED) is 0.763. The lowest BCUT2D eigenvalue weighted by atomic mass is 10.2. The zero-order valence-corrected chi connectivity index (χ0v) is 14.2. The molecule has 0 unspecified atom stereocenters. The largest absolute Gasteiger partial charge is 0.385 e. The number of carbonyl (C=O) groups excluding carboxylic acids is 2. The second-order valence-corrected chi connectivity index (χ2v) is 5.87. The molecule has 0 radical (unpaired) electrons. The van der Waals surface area contributed by atoms with E-state index in [1.165, 1.54) is 0 Å². The van der Waals surface area contributed by atoms with Gasteiger partial charge in [0.15, 0.2) is 0 Å². The molecule has 0 spiro atoms. The molecule has 0 atom stereocenters. The van der Waals surface area contributed by atoms with Gasteiger partial charge < -0.3 is 15.0 Å². The van der Waals surface area contributed by atoms with Crippen LogP contribution in [0.25, 0.3) is 0 Å². The van der Waals surface area contributed by atoms with Gasteiger partial charge in [0.05, 0.1) is 6.54 Å². The van der Waals surface area contributed by atoms with Crippen molar-refractivity contribution in [1.29, 1.82) is 0 Å². The van der Waals surface area contributed by atoms with Crippen molar-refractivity contribution in [3.05, 3.63) is 28.8 Å². The molecule has 7 heteroatoms. The average Bonchev–Trinajstić information content (AvgIpc) is 2.91. The van der Waals surface area contributed by atoms with E-state index >= 15 is 0 Å². The summed E-state index contributed by atoms with van der Waals surface area (Å²) >= 11 is 6.11. The Labute approximate surface area is 141 Å². The minimum atomic E-state index is -0.0944. The van der Waals surface area contributed by atoms with Gasteiger partial charge >= 0.3 is 0 Å². The molecule has 1 aromatic rings. The Morgan fingerprint density at radius 1 is 1.43 bits per heavy atom. The number of amides is 2. The summed E-state index contributed by atoms with van der Waals surface area (Å²) in [6.07, 6.45) is 0.844. The van der Waals surface area contributed by atoms with Crippen LogP contribution in [0.3, 0.4) is 0 Å². The lowest BCUT2D eigenvalue weighted by Gasteiger charge is -2.20. The topological polar surface area (TPSA) is 61.9 Å². The Kier molecular flexibility index (Phi) is 6.38. The average molecular weight is 340 g/mol. The third kappa shape index (κ3) is 4.43. The molecule has 0 aromatic heterocycles. The standard InChI is InChI=1S/C16H22ClN3O3/c1-12-13(17)5-3-6-14(12)20-11-19(10-16(20)22)15(21)9-18-7-4-8-23-2/h3,5-6,18H,4,7-11H2,1-2H3. The fraction of sp³-hybridized carbons (Fsp3) is 0.500. The zero-order chi connectivity index (χ0) is 16.8. The fourth-order valence-corrected chi connectivity index (χ4v) is 2.63. The summed E-state index contributed by atoms with van der Waals surface area (Å²) in [6, 6.07) is 5.43. The zero-order valence-electron chi connectivity index (χ0n) is 13.5. The van der Waals surface area contributed by atoms with E-state index in [2.05, 4.69) is 5.32 Å². The van der Waals surface area contributed by atoms with Crippen LogP contribution in [0.1, 0.15) is 12.0 Å². The van der Waals surface area contributed by atoms with Crippen molar-refractivity contribution >= 4 is 29.1 Å². The lowest BCUT2D eigenvalue weighted by Crippen LogP contribution is -2.38. The van der Waals surface area contributed by atoms with Crippen molar-refractivity contribution in [3.8, 4) is 0 Å².